The van der Waals surface area contributed by atoms with Crippen molar-refractivity contribution >= 4 is 35.3 Å². The summed E-state index contributed by atoms with van der Waals surface area (Å²) in [4.78, 5) is 10.0. The molecule has 0 radical (unpaired) electrons. The molecule has 4 heteroatoms. The van der Waals surface area contributed by atoms with E-state index in [1.54, 1.807) is 18.2 Å². The van der Waals surface area contributed by atoms with E-state index in [1.807, 2.05) is 0 Å². The van der Waals surface area contributed by atoms with Gasteiger partial charge in [0.2, 0.25) is 0 Å². The molecule has 0 spiro atoms. The number of hydrogen-bond acceptors (Lipinski definition) is 1. The van der Waals surface area contributed by atoms with Crippen molar-refractivity contribution in [1.82, 2.24) is 0 Å². The smallest absolute Gasteiger partial charge is 0.254 e. The van der Waals surface area contributed by atoms with E-state index in [9.17, 15) is 4.79 Å². The quantitative estimate of drug-likeness (QED) is 0.555. The van der Waals surface area contributed by atoms with Crippen molar-refractivity contribution in [3.05, 3.63) is 28.2 Å². The minimum absolute atomic E-state index is 0.460. The van der Waals surface area contributed by atoms with Crippen molar-refractivity contribution in [1.29, 1.82) is 0 Å². The van der Waals surface area contributed by atoms with Gasteiger partial charge in [-0.1, -0.05) is 23.2 Å². The minimum Gasteiger partial charge on any atom is -0.254 e. The van der Waals surface area contributed by atoms with Crippen LogP contribution in [0.15, 0.2) is 18.2 Å². The third-order valence-corrected chi connectivity index (χ3v) is 1.94. The number of quaternary nitrogens is 1. The fourth-order valence-corrected chi connectivity index (χ4v) is 1.00. The maximum Gasteiger partial charge on any atom is 0.303 e. The van der Waals surface area contributed by atoms with Crippen LogP contribution in [0.2, 0.25) is 10.0 Å². The van der Waals surface area contributed by atoms with Gasteiger partial charge in [0.05, 0.1) is 10.0 Å². The molecule has 0 fully saturated rings. The Balaban J connectivity index is 2.95. The van der Waals surface area contributed by atoms with Crippen molar-refractivity contribution in [2.24, 2.45) is 0 Å². The first-order valence-electron chi connectivity index (χ1n) is 2.97. The van der Waals surface area contributed by atoms with E-state index in [0.717, 1.165) is 5.69 Å². The molecule has 2 nitrogen and oxygen atoms in total. The summed E-state index contributed by atoms with van der Waals surface area (Å²) in [5.41, 5.74) is 0.759. The van der Waals surface area contributed by atoms with E-state index in [1.165, 1.54) is 5.32 Å². The summed E-state index contributed by atoms with van der Waals surface area (Å²) in [5.74, 6) is 0. The largest absolute Gasteiger partial charge is 0.303 e. The van der Waals surface area contributed by atoms with Crippen LogP contribution in [-0.2, 0) is 4.79 Å². The molecule has 0 bridgehead atoms. The Labute approximate surface area is 74.1 Å². The van der Waals surface area contributed by atoms with Gasteiger partial charge < -0.3 is 0 Å². The van der Waals surface area contributed by atoms with Crippen LogP contribution in [0.1, 0.15) is 0 Å². The molecule has 1 rings (SSSR count). The predicted molar refractivity (Wildman–Crippen MR) is 44.1 cm³/mol. The summed E-state index contributed by atoms with van der Waals surface area (Å²) in [6.45, 7) is 0. The zero-order valence-electron chi connectivity index (χ0n) is 5.55. The van der Waals surface area contributed by atoms with Gasteiger partial charge in [0.1, 0.15) is 5.69 Å². The molecule has 0 saturated heterocycles. The van der Waals surface area contributed by atoms with Gasteiger partial charge in [-0.25, -0.2) is 4.79 Å². The molecule has 1 amide bonds. The van der Waals surface area contributed by atoms with Gasteiger partial charge in [0.15, 0.2) is 0 Å². The Bertz CT molecular complexity index is 275. The van der Waals surface area contributed by atoms with Gasteiger partial charge in [-0.15, -0.1) is 0 Å². The lowest BCUT2D eigenvalue weighted by Crippen LogP contribution is -2.76. The molecule has 58 valence electrons. The predicted octanol–water partition coefficient (Wildman–Crippen LogP) is 1.34. The summed E-state index contributed by atoms with van der Waals surface area (Å²) in [5, 5.41) is 2.37. The van der Waals surface area contributed by atoms with Gasteiger partial charge in [0, 0.05) is 12.1 Å². The molecule has 0 unspecified atom stereocenters. The number of hydrogen-bond donors (Lipinski definition) is 1. The standard InChI is InChI=1S/C7H5Cl2NO/c8-6-2-1-5(10-4-11)3-7(6)9/h1-4H,(H,10,11)/p+1. The number of halogens is 2. The lowest BCUT2D eigenvalue weighted by Gasteiger charge is -1.95. The summed E-state index contributed by atoms with van der Waals surface area (Å²) < 4.78 is 0. The van der Waals surface area contributed by atoms with Gasteiger partial charge in [0.25, 0.3) is 0 Å². The van der Waals surface area contributed by atoms with Gasteiger partial charge in [-0.05, 0) is 6.07 Å². The van der Waals surface area contributed by atoms with E-state index < -0.39 is 0 Å². The first kappa shape index (κ1) is 8.53. The molecule has 0 aliphatic heterocycles. The second-order valence-corrected chi connectivity index (χ2v) is 2.79. The molecule has 11 heavy (non-hydrogen) atoms. The number of amides is 1. The summed E-state index contributed by atoms with van der Waals surface area (Å²) in [6, 6.07) is 5.01. The molecular weight excluding hydrogens is 185 g/mol. The maximum absolute atomic E-state index is 10.0. The molecule has 0 heterocycles. The average molecular weight is 191 g/mol. The van der Waals surface area contributed by atoms with E-state index in [-0.39, 0.29) is 0 Å². The number of rotatable bonds is 2. The van der Waals surface area contributed by atoms with E-state index in [0.29, 0.717) is 16.5 Å². The lowest BCUT2D eigenvalue weighted by atomic mass is 10.3. The molecule has 0 saturated carbocycles. The van der Waals surface area contributed by atoms with Crippen molar-refractivity contribution in [3.63, 3.8) is 0 Å². The number of benzene rings is 1. The highest BCUT2D eigenvalue weighted by molar-refractivity contribution is 6.42. The normalized spacial score (nSPS) is 9.64. The van der Waals surface area contributed by atoms with Gasteiger partial charge >= 0.3 is 6.41 Å². The average Bonchev–Trinajstić information content (AvgIpc) is 1.98. The Kier molecular flexibility index (Phi) is 2.88. The highest BCUT2D eigenvalue weighted by Crippen LogP contribution is 2.22. The van der Waals surface area contributed by atoms with Gasteiger partial charge in [-0.3, -0.25) is 5.32 Å². The zero-order chi connectivity index (χ0) is 8.27. The molecule has 1 aromatic carbocycles. The van der Waals surface area contributed by atoms with Crippen LogP contribution in [0.25, 0.3) is 0 Å². The van der Waals surface area contributed by atoms with Crippen LogP contribution in [0.3, 0.4) is 0 Å². The molecular formula is C7H6Cl2NO+. The van der Waals surface area contributed by atoms with E-state index >= 15 is 0 Å². The van der Waals surface area contributed by atoms with Crippen LogP contribution in [0.4, 0.5) is 5.69 Å². The Hall–Kier alpha value is -0.570. The minimum atomic E-state index is 0.460. The second-order valence-electron chi connectivity index (χ2n) is 1.98. The van der Waals surface area contributed by atoms with Crippen molar-refractivity contribution in [2.75, 3.05) is 0 Å². The maximum atomic E-state index is 10.0. The molecule has 0 aliphatic carbocycles. The highest BCUT2D eigenvalue weighted by Gasteiger charge is 2.00. The monoisotopic (exact) mass is 190 g/mol. The topological polar surface area (TPSA) is 33.7 Å². The summed E-state index contributed by atoms with van der Waals surface area (Å²) in [6.07, 6.45) is 0.708. The SMILES string of the molecule is O=C[NH2+]c1ccc(Cl)c(Cl)c1. The van der Waals surface area contributed by atoms with Crippen LogP contribution < -0.4 is 5.32 Å². The Morgan fingerprint density at radius 3 is 2.55 bits per heavy atom. The summed E-state index contributed by atoms with van der Waals surface area (Å²) in [7, 11) is 0. The molecule has 0 aromatic heterocycles. The summed E-state index contributed by atoms with van der Waals surface area (Å²) >= 11 is 11.3. The van der Waals surface area contributed by atoms with Crippen molar-refractivity contribution < 1.29 is 10.1 Å². The fraction of sp³-hybridized carbons (Fsp3) is 0. The second kappa shape index (κ2) is 3.72. The third-order valence-electron chi connectivity index (χ3n) is 1.20. The van der Waals surface area contributed by atoms with Gasteiger partial charge in [-0.2, -0.15) is 0 Å². The molecule has 0 atom stereocenters. The van der Waals surface area contributed by atoms with Crippen molar-refractivity contribution in [3.8, 4) is 0 Å². The molecule has 0 aliphatic rings. The van der Waals surface area contributed by atoms with Crippen molar-refractivity contribution in [2.45, 2.75) is 0 Å². The molecule has 2 N–H and O–H groups in total. The van der Waals surface area contributed by atoms with Crippen LogP contribution in [0.5, 0.6) is 0 Å². The number of primary amides is 1. The first-order valence-corrected chi connectivity index (χ1v) is 3.73. The number of carbonyl (C=O) groups excluding carboxylic acids is 1. The van der Waals surface area contributed by atoms with Crippen LogP contribution >= 0.6 is 23.2 Å². The Morgan fingerprint density at radius 1 is 1.27 bits per heavy atom. The van der Waals surface area contributed by atoms with E-state index in [2.05, 4.69) is 0 Å². The number of nitrogens with two attached hydrogens (primary N) is 1. The zero-order valence-corrected chi connectivity index (χ0v) is 7.06. The lowest BCUT2D eigenvalue weighted by molar-refractivity contribution is -0.466. The fourth-order valence-electron chi connectivity index (χ4n) is 0.695. The molecule has 1 aromatic rings. The number of carbonyl (C=O) groups is 1. The third kappa shape index (κ3) is 2.19. The van der Waals surface area contributed by atoms with E-state index in [4.69, 9.17) is 23.2 Å². The van der Waals surface area contributed by atoms with Crippen LogP contribution in [0, 0.1) is 0 Å². The highest BCUT2D eigenvalue weighted by atomic mass is 35.5. The Morgan fingerprint density at radius 2 is 2.00 bits per heavy atom. The van der Waals surface area contributed by atoms with Crippen LogP contribution in [-0.4, -0.2) is 6.41 Å². The first-order chi connectivity index (χ1) is 5.24.